The first kappa shape index (κ1) is 17.9. The second-order valence-corrected chi connectivity index (χ2v) is 6.42. The van der Waals surface area contributed by atoms with Crippen molar-refractivity contribution in [3.63, 3.8) is 0 Å². The molecule has 6 heteroatoms. The van der Waals surface area contributed by atoms with E-state index < -0.39 is 5.97 Å². The van der Waals surface area contributed by atoms with Gasteiger partial charge in [-0.1, -0.05) is 35.9 Å². The second kappa shape index (κ2) is 8.06. The maximum atomic E-state index is 12.0. The first-order chi connectivity index (χ1) is 13.7. The number of aromatic nitrogens is 2. The fourth-order valence-electron chi connectivity index (χ4n) is 2.73. The summed E-state index contributed by atoms with van der Waals surface area (Å²) in [6.07, 6.45) is 6.36. The number of rotatable bonds is 5. The molecule has 28 heavy (non-hydrogen) atoms. The van der Waals surface area contributed by atoms with Crippen LogP contribution in [-0.4, -0.2) is 15.9 Å². The van der Waals surface area contributed by atoms with Gasteiger partial charge in [-0.05, 0) is 36.4 Å². The lowest BCUT2D eigenvalue weighted by atomic mass is 10.1. The number of esters is 1. The molecule has 0 saturated carbocycles. The van der Waals surface area contributed by atoms with Crippen molar-refractivity contribution in [1.82, 2.24) is 9.97 Å². The Morgan fingerprint density at radius 2 is 1.89 bits per heavy atom. The van der Waals surface area contributed by atoms with E-state index in [4.69, 9.17) is 20.8 Å². The molecule has 2 heterocycles. The standard InChI is InChI=1S/C22H15ClN2O3/c23-18-9-6-15(7-10-18)19-13-25-20(28-19)14-27-21(26)11-8-17-4-1-3-16-5-2-12-24-22(16)17/h1-13H,14H2/b11-8+. The van der Waals surface area contributed by atoms with E-state index in [2.05, 4.69) is 9.97 Å². The van der Waals surface area contributed by atoms with Gasteiger partial charge in [0.1, 0.15) is 0 Å². The van der Waals surface area contributed by atoms with E-state index in [9.17, 15) is 4.79 Å². The predicted molar refractivity (Wildman–Crippen MR) is 108 cm³/mol. The highest BCUT2D eigenvalue weighted by molar-refractivity contribution is 6.30. The van der Waals surface area contributed by atoms with E-state index in [1.165, 1.54) is 6.08 Å². The smallest absolute Gasteiger partial charge is 0.331 e. The number of carbonyl (C=O) groups is 1. The number of pyridine rings is 1. The van der Waals surface area contributed by atoms with Gasteiger partial charge in [0.25, 0.3) is 0 Å². The van der Waals surface area contributed by atoms with Gasteiger partial charge in [-0.3, -0.25) is 4.98 Å². The Kier molecular flexibility index (Phi) is 5.17. The van der Waals surface area contributed by atoms with Crippen LogP contribution in [0.5, 0.6) is 0 Å². The Labute approximate surface area is 166 Å². The molecule has 2 aromatic carbocycles. The third kappa shape index (κ3) is 4.10. The van der Waals surface area contributed by atoms with Gasteiger partial charge in [-0.25, -0.2) is 9.78 Å². The summed E-state index contributed by atoms with van der Waals surface area (Å²) in [6.45, 7) is -0.0510. The van der Waals surface area contributed by atoms with Crippen molar-refractivity contribution in [2.75, 3.05) is 0 Å². The summed E-state index contributed by atoms with van der Waals surface area (Å²) in [5, 5.41) is 1.65. The van der Waals surface area contributed by atoms with Gasteiger partial charge >= 0.3 is 5.97 Å². The molecule has 0 unspecified atom stereocenters. The first-order valence-electron chi connectivity index (χ1n) is 8.58. The second-order valence-electron chi connectivity index (χ2n) is 5.99. The summed E-state index contributed by atoms with van der Waals surface area (Å²) < 4.78 is 10.8. The molecule has 0 spiro atoms. The van der Waals surface area contributed by atoms with Gasteiger partial charge in [0.2, 0.25) is 5.89 Å². The number of hydrogen-bond acceptors (Lipinski definition) is 5. The van der Waals surface area contributed by atoms with Gasteiger partial charge < -0.3 is 9.15 Å². The Hall–Kier alpha value is -3.44. The van der Waals surface area contributed by atoms with Crippen molar-refractivity contribution in [3.8, 4) is 11.3 Å². The van der Waals surface area contributed by atoms with E-state index in [-0.39, 0.29) is 6.61 Å². The average molecular weight is 391 g/mol. The quantitative estimate of drug-likeness (QED) is 0.341. The molecular formula is C22H15ClN2O3. The highest BCUT2D eigenvalue weighted by atomic mass is 35.5. The minimum Gasteiger partial charge on any atom is -0.453 e. The van der Waals surface area contributed by atoms with E-state index in [0.717, 1.165) is 22.0 Å². The third-order valence-electron chi connectivity index (χ3n) is 4.08. The normalized spacial score (nSPS) is 11.2. The molecule has 4 aromatic rings. The minimum atomic E-state index is -0.487. The zero-order chi connectivity index (χ0) is 19.3. The molecule has 5 nitrogen and oxygen atoms in total. The Morgan fingerprint density at radius 1 is 1.07 bits per heavy atom. The van der Waals surface area contributed by atoms with Crippen LogP contribution in [0.15, 0.2) is 77.5 Å². The monoisotopic (exact) mass is 390 g/mol. The highest BCUT2D eigenvalue weighted by Crippen LogP contribution is 2.22. The van der Waals surface area contributed by atoms with Crippen molar-refractivity contribution < 1.29 is 13.9 Å². The van der Waals surface area contributed by atoms with E-state index >= 15 is 0 Å². The first-order valence-corrected chi connectivity index (χ1v) is 8.96. The summed E-state index contributed by atoms with van der Waals surface area (Å²) >= 11 is 5.88. The topological polar surface area (TPSA) is 65.2 Å². The van der Waals surface area contributed by atoms with Crippen molar-refractivity contribution in [2.45, 2.75) is 6.61 Å². The largest absolute Gasteiger partial charge is 0.453 e. The Balaban J connectivity index is 1.39. The zero-order valence-electron chi connectivity index (χ0n) is 14.7. The lowest BCUT2D eigenvalue weighted by molar-refractivity contribution is -0.139. The Bertz CT molecular complexity index is 1140. The minimum absolute atomic E-state index is 0.0510. The molecule has 138 valence electrons. The van der Waals surface area contributed by atoms with Crippen LogP contribution in [0.25, 0.3) is 28.3 Å². The molecule has 0 aliphatic heterocycles. The lowest BCUT2D eigenvalue weighted by Crippen LogP contribution is -2.00. The molecule has 0 saturated heterocycles. The molecular weight excluding hydrogens is 376 g/mol. The predicted octanol–water partition coefficient (Wildman–Crippen LogP) is 5.30. The van der Waals surface area contributed by atoms with E-state index in [0.29, 0.717) is 16.7 Å². The summed E-state index contributed by atoms with van der Waals surface area (Å²) in [6, 6.07) is 16.8. The summed E-state index contributed by atoms with van der Waals surface area (Å²) in [4.78, 5) is 20.5. The number of benzene rings is 2. The molecule has 0 atom stereocenters. The van der Waals surface area contributed by atoms with Gasteiger partial charge in [-0.2, -0.15) is 0 Å². The van der Waals surface area contributed by atoms with Crippen LogP contribution in [0.1, 0.15) is 11.5 Å². The van der Waals surface area contributed by atoms with E-state index in [1.54, 1.807) is 30.6 Å². The maximum Gasteiger partial charge on any atom is 0.331 e. The van der Waals surface area contributed by atoms with Crippen molar-refractivity contribution in [2.24, 2.45) is 0 Å². The van der Waals surface area contributed by atoms with Crippen LogP contribution < -0.4 is 0 Å². The van der Waals surface area contributed by atoms with Crippen molar-refractivity contribution in [3.05, 3.63) is 89.5 Å². The number of ether oxygens (including phenoxy) is 1. The van der Waals surface area contributed by atoms with Crippen LogP contribution >= 0.6 is 11.6 Å². The number of nitrogens with zero attached hydrogens (tertiary/aromatic N) is 2. The number of fused-ring (bicyclic) bond motifs is 1. The van der Waals surface area contributed by atoms with Crippen LogP contribution in [-0.2, 0) is 16.1 Å². The van der Waals surface area contributed by atoms with Gasteiger partial charge in [0, 0.05) is 33.8 Å². The average Bonchev–Trinajstić information content (AvgIpc) is 3.20. The molecule has 0 amide bonds. The van der Waals surface area contributed by atoms with Gasteiger partial charge in [-0.15, -0.1) is 0 Å². The molecule has 0 N–H and O–H groups in total. The van der Waals surface area contributed by atoms with Gasteiger partial charge in [0.15, 0.2) is 12.4 Å². The van der Waals surface area contributed by atoms with Gasteiger partial charge in [0.05, 0.1) is 11.7 Å². The molecule has 0 bridgehead atoms. The molecule has 4 rings (SSSR count). The summed E-state index contributed by atoms with van der Waals surface area (Å²) in [5.74, 6) is 0.415. The molecule has 0 radical (unpaired) electrons. The summed E-state index contributed by atoms with van der Waals surface area (Å²) in [5.41, 5.74) is 2.52. The number of para-hydroxylation sites is 1. The molecule has 0 fully saturated rings. The third-order valence-corrected chi connectivity index (χ3v) is 4.34. The fraction of sp³-hybridized carbons (Fsp3) is 0.0455. The fourth-order valence-corrected chi connectivity index (χ4v) is 2.85. The maximum absolute atomic E-state index is 12.0. The van der Waals surface area contributed by atoms with Crippen molar-refractivity contribution >= 4 is 34.5 Å². The summed E-state index contributed by atoms with van der Waals surface area (Å²) in [7, 11) is 0. The number of halogens is 1. The molecule has 0 aliphatic rings. The zero-order valence-corrected chi connectivity index (χ0v) is 15.5. The Morgan fingerprint density at radius 3 is 2.75 bits per heavy atom. The van der Waals surface area contributed by atoms with Crippen LogP contribution in [0.4, 0.5) is 0 Å². The molecule has 2 aromatic heterocycles. The number of carbonyl (C=O) groups excluding carboxylic acids is 1. The SMILES string of the molecule is O=C(/C=C/c1cccc2cccnc12)OCc1ncc(-c2ccc(Cl)cc2)o1. The highest BCUT2D eigenvalue weighted by Gasteiger charge is 2.08. The van der Waals surface area contributed by atoms with E-state index in [1.807, 2.05) is 42.5 Å². The lowest BCUT2D eigenvalue weighted by Gasteiger charge is -2.01. The van der Waals surface area contributed by atoms with Crippen LogP contribution in [0, 0.1) is 0 Å². The number of oxazole rings is 1. The number of hydrogen-bond donors (Lipinski definition) is 0. The van der Waals surface area contributed by atoms with Crippen LogP contribution in [0.2, 0.25) is 5.02 Å². The molecule has 0 aliphatic carbocycles. The van der Waals surface area contributed by atoms with Crippen LogP contribution in [0.3, 0.4) is 0 Å². The van der Waals surface area contributed by atoms with Crippen molar-refractivity contribution in [1.29, 1.82) is 0 Å².